The third-order valence-corrected chi connectivity index (χ3v) is 3.53. The molecule has 2 amide bonds. The molecule has 0 aliphatic carbocycles. The number of rotatable bonds is 5. The molecule has 0 aromatic rings. The fourth-order valence-corrected chi connectivity index (χ4v) is 2.34. The molecule has 18 heavy (non-hydrogen) atoms. The van der Waals surface area contributed by atoms with E-state index in [0.29, 0.717) is 12.5 Å². The van der Waals surface area contributed by atoms with Gasteiger partial charge in [-0.1, -0.05) is 0 Å². The van der Waals surface area contributed by atoms with E-state index in [2.05, 4.69) is 20.9 Å². The summed E-state index contributed by atoms with van der Waals surface area (Å²) in [6.45, 7) is 8.03. The number of hydrogen-bond donors (Lipinski definition) is 3. The lowest BCUT2D eigenvalue weighted by Gasteiger charge is -2.26. The Hall–Kier alpha value is -0.850. The molecule has 104 valence electrons. The first-order valence-corrected chi connectivity index (χ1v) is 6.87. The van der Waals surface area contributed by atoms with Gasteiger partial charge in [0.1, 0.15) is 0 Å². The Morgan fingerprint density at radius 2 is 2.17 bits per heavy atom. The van der Waals surface area contributed by atoms with Gasteiger partial charge in [0.2, 0.25) is 0 Å². The van der Waals surface area contributed by atoms with Gasteiger partial charge in [-0.05, 0) is 25.4 Å². The van der Waals surface area contributed by atoms with E-state index in [1.165, 1.54) is 0 Å². The zero-order valence-electron chi connectivity index (χ0n) is 10.9. The first-order valence-electron chi connectivity index (χ1n) is 6.87. The highest BCUT2D eigenvalue weighted by atomic mass is 16.5. The van der Waals surface area contributed by atoms with E-state index in [1.54, 1.807) is 0 Å². The number of hydrogen-bond acceptors (Lipinski definition) is 4. The van der Waals surface area contributed by atoms with Crippen molar-refractivity contribution in [1.82, 2.24) is 20.9 Å². The highest BCUT2D eigenvalue weighted by molar-refractivity contribution is 5.73. The third-order valence-electron chi connectivity index (χ3n) is 3.53. The van der Waals surface area contributed by atoms with Crippen molar-refractivity contribution in [2.75, 3.05) is 59.0 Å². The molecule has 2 fully saturated rings. The quantitative estimate of drug-likeness (QED) is 0.604. The summed E-state index contributed by atoms with van der Waals surface area (Å²) < 4.78 is 5.28. The van der Waals surface area contributed by atoms with Crippen LogP contribution in [0, 0.1) is 5.92 Å². The Morgan fingerprint density at radius 3 is 2.89 bits per heavy atom. The van der Waals surface area contributed by atoms with Crippen molar-refractivity contribution in [2.45, 2.75) is 6.42 Å². The molecule has 0 bridgehead atoms. The van der Waals surface area contributed by atoms with E-state index < -0.39 is 0 Å². The molecule has 1 unspecified atom stereocenters. The Bertz CT molecular complexity index is 250. The van der Waals surface area contributed by atoms with Crippen molar-refractivity contribution < 1.29 is 9.53 Å². The lowest BCUT2D eigenvalue weighted by Crippen LogP contribution is -2.44. The first-order chi connectivity index (χ1) is 8.84. The number of ether oxygens (including phenoxy) is 1. The number of urea groups is 1. The molecular formula is C12H24N4O2. The van der Waals surface area contributed by atoms with Gasteiger partial charge in [0.05, 0.1) is 13.2 Å². The van der Waals surface area contributed by atoms with Crippen LogP contribution in [0.15, 0.2) is 0 Å². The van der Waals surface area contributed by atoms with Crippen molar-refractivity contribution in [3.05, 3.63) is 0 Å². The van der Waals surface area contributed by atoms with Gasteiger partial charge in [0.25, 0.3) is 0 Å². The van der Waals surface area contributed by atoms with Gasteiger partial charge >= 0.3 is 6.03 Å². The van der Waals surface area contributed by atoms with Crippen LogP contribution < -0.4 is 16.0 Å². The van der Waals surface area contributed by atoms with Crippen molar-refractivity contribution in [2.24, 2.45) is 5.92 Å². The summed E-state index contributed by atoms with van der Waals surface area (Å²) in [6.07, 6.45) is 1.16. The topological polar surface area (TPSA) is 65.6 Å². The maximum absolute atomic E-state index is 11.6. The van der Waals surface area contributed by atoms with Crippen LogP contribution in [0.3, 0.4) is 0 Å². The zero-order valence-corrected chi connectivity index (χ0v) is 10.9. The molecule has 6 nitrogen and oxygen atoms in total. The second-order valence-corrected chi connectivity index (χ2v) is 4.95. The van der Waals surface area contributed by atoms with Crippen molar-refractivity contribution in [1.29, 1.82) is 0 Å². The largest absolute Gasteiger partial charge is 0.379 e. The van der Waals surface area contributed by atoms with Crippen LogP contribution in [0.1, 0.15) is 6.42 Å². The summed E-state index contributed by atoms with van der Waals surface area (Å²) in [4.78, 5) is 13.9. The smallest absolute Gasteiger partial charge is 0.314 e. The predicted octanol–water partition coefficient (Wildman–Crippen LogP) is -0.773. The molecule has 0 saturated carbocycles. The highest BCUT2D eigenvalue weighted by Crippen LogP contribution is 2.04. The standard InChI is InChI=1S/C12H24N4O2/c17-12(15-10-11-1-2-13-9-11)14-3-4-16-5-7-18-8-6-16/h11,13H,1-10H2,(H2,14,15,17). The fraction of sp³-hybridized carbons (Fsp3) is 0.917. The van der Waals surface area contributed by atoms with Gasteiger partial charge in [0.15, 0.2) is 0 Å². The molecule has 0 spiro atoms. The van der Waals surface area contributed by atoms with E-state index in [9.17, 15) is 4.79 Å². The molecule has 6 heteroatoms. The molecule has 1 atom stereocenters. The fourth-order valence-electron chi connectivity index (χ4n) is 2.34. The lowest BCUT2D eigenvalue weighted by molar-refractivity contribution is 0.0387. The molecule has 2 aliphatic heterocycles. The summed E-state index contributed by atoms with van der Waals surface area (Å²) in [5.41, 5.74) is 0. The minimum absolute atomic E-state index is 0.0461. The van der Waals surface area contributed by atoms with E-state index in [0.717, 1.165) is 58.9 Å². The SMILES string of the molecule is O=C(NCCN1CCOCC1)NCC1CCNC1. The maximum Gasteiger partial charge on any atom is 0.314 e. The number of carbonyl (C=O) groups excluding carboxylic acids is 1. The Balaban J connectivity index is 1.48. The number of amides is 2. The normalized spacial score (nSPS) is 25.0. The van der Waals surface area contributed by atoms with Crippen LogP contribution in [-0.2, 0) is 4.74 Å². The molecule has 0 radical (unpaired) electrons. The average molecular weight is 256 g/mol. The van der Waals surface area contributed by atoms with Gasteiger partial charge < -0.3 is 20.7 Å². The molecule has 0 aromatic heterocycles. The highest BCUT2D eigenvalue weighted by Gasteiger charge is 2.15. The first kappa shape index (κ1) is 13.6. The van der Waals surface area contributed by atoms with Crippen LogP contribution in [0.5, 0.6) is 0 Å². The summed E-state index contributed by atoms with van der Waals surface area (Å²) in [7, 11) is 0. The number of nitrogens with zero attached hydrogens (tertiary/aromatic N) is 1. The minimum atomic E-state index is -0.0461. The van der Waals surface area contributed by atoms with Crippen molar-refractivity contribution in [3.63, 3.8) is 0 Å². The Kier molecular flexibility index (Phi) is 5.70. The summed E-state index contributed by atoms with van der Waals surface area (Å²) >= 11 is 0. The van der Waals surface area contributed by atoms with Crippen LogP contribution in [0.4, 0.5) is 4.79 Å². The minimum Gasteiger partial charge on any atom is -0.379 e. The van der Waals surface area contributed by atoms with Gasteiger partial charge in [-0.25, -0.2) is 4.79 Å². The lowest BCUT2D eigenvalue weighted by atomic mass is 10.1. The molecule has 0 aromatic carbocycles. The Labute approximate surface area is 108 Å². The van der Waals surface area contributed by atoms with Gasteiger partial charge in [-0.2, -0.15) is 0 Å². The van der Waals surface area contributed by atoms with Crippen molar-refractivity contribution >= 4 is 6.03 Å². The van der Waals surface area contributed by atoms with E-state index >= 15 is 0 Å². The van der Waals surface area contributed by atoms with Gasteiger partial charge in [-0.3, -0.25) is 4.90 Å². The van der Waals surface area contributed by atoms with Crippen molar-refractivity contribution in [3.8, 4) is 0 Å². The second kappa shape index (κ2) is 7.56. The number of carbonyl (C=O) groups is 1. The molecule has 2 heterocycles. The molecule has 2 aliphatic rings. The number of nitrogens with one attached hydrogen (secondary N) is 3. The molecular weight excluding hydrogens is 232 g/mol. The second-order valence-electron chi connectivity index (χ2n) is 4.95. The van der Waals surface area contributed by atoms with E-state index in [4.69, 9.17) is 4.74 Å². The Morgan fingerprint density at radius 1 is 1.33 bits per heavy atom. The molecule has 2 rings (SSSR count). The van der Waals surface area contributed by atoms with Crippen LogP contribution in [0.2, 0.25) is 0 Å². The van der Waals surface area contributed by atoms with Crippen LogP contribution in [-0.4, -0.2) is 70.0 Å². The molecule has 2 saturated heterocycles. The van der Waals surface area contributed by atoms with Gasteiger partial charge in [0, 0.05) is 32.7 Å². The molecule has 3 N–H and O–H groups in total. The maximum atomic E-state index is 11.6. The zero-order chi connectivity index (χ0) is 12.6. The predicted molar refractivity (Wildman–Crippen MR) is 69.6 cm³/mol. The summed E-state index contributed by atoms with van der Waals surface area (Å²) in [5.74, 6) is 0.593. The van der Waals surface area contributed by atoms with E-state index in [-0.39, 0.29) is 6.03 Å². The van der Waals surface area contributed by atoms with Gasteiger partial charge in [-0.15, -0.1) is 0 Å². The van der Waals surface area contributed by atoms with Crippen LogP contribution >= 0.6 is 0 Å². The number of morpholine rings is 1. The van der Waals surface area contributed by atoms with E-state index in [1.807, 2.05) is 0 Å². The van der Waals surface area contributed by atoms with Crippen LogP contribution in [0.25, 0.3) is 0 Å². The average Bonchev–Trinajstić information content (AvgIpc) is 2.91. The third kappa shape index (κ3) is 4.80. The monoisotopic (exact) mass is 256 g/mol. The summed E-state index contributed by atoms with van der Waals surface area (Å²) in [5, 5.41) is 9.12. The summed E-state index contributed by atoms with van der Waals surface area (Å²) in [6, 6.07) is -0.0461.